The van der Waals surface area contributed by atoms with Gasteiger partial charge in [0.25, 0.3) is 0 Å². The van der Waals surface area contributed by atoms with Crippen molar-refractivity contribution in [3.63, 3.8) is 0 Å². The van der Waals surface area contributed by atoms with Crippen molar-refractivity contribution in [3.05, 3.63) is 70.0 Å². The summed E-state index contributed by atoms with van der Waals surface area (Å²) in [5.74, 6) is -0.304. The zero-order chi connectivity index (χ0) is 14.0. The maximum atomic E-state index is 14.0. The first-order valence-electron chi connectivity index (χ1n) is 6.49. The minimum atomic E-state index is -0.806. The van der Waals surface area contributed by atoms with Gasteiger partial charge in [-0.3, -0.25) is 0 Å². The highest BCUT2D eigenvalue weighted by atomic mass is 19.1. The molecule has 0 amide bonds. The van der Waals surface area contributed by atoms with Crippen LogP contribution in [0.5, 0.6) is 0 Å². The van der Waals surface area contributed by atoms with Crippen LogP contribution in [0, 0.1) is 26.6 Å². The van der Waals surface area contributed by atoms with Crippen LogP contribution in [0.1, 0.15) is 33.9 Å². The molecule has 0 spiro atoms. The minimum absolute atomic E-state index is 0.304. The third-order valence-electron chi connectivity index (χ3n) is 3.62. The lowest BCUT2D eigenvalue weighted by Crippen LogP contribution is -2.07. The first-order valence-corrected chi connectivity index (χ1v) is 6.49. The van der Waals surface area contributed by atoms with Gasteiger partial charge in [-0.2, -0.15) is 0 Å². The van der Waals surface area contributed by atoms with Crippen molar-refractivity contribution in [2.75, 3.05) is 0 Å². The second-order valence-corrected chi connectivity index (χ2v) is 5.07. The Balaban J connectivity index is 2.31. The van der Waals surface area contributed by atoms with Crippen molar-refractivity contribution < 1.29 is 9.50 Å². The van der Waals surface area contributed by atoms with Crippen LogP contribution in [-0.2, 0) is 6.42 Å². The molecule has 0 heterocycles. The molecule has 2 aromatic carbocycles. The summed E-state index contributed by atoms with van der Waals surface area (Å²) in [7, 11) is 0. The summed E-state index contributed by atoms with van der Waals surface area (Å²) in [4.78, 5) is 0. The van der Waals surface area contributed by atoms with E-state index in [1.807, 2.05) is 32.0 Å². The van der Waals surface area contributed by atoms with Gasteiger partial charge in [-0.1, -0.05) is 36.4 Å². The predicted molar refractivity (Wildman–Crippen MR) is 75.7 cm³/mol. The van der Waals surface area contributed by atoms with Crippen molar-refractivity contribution >= 4 is 0 Å². The van der Waals surface area contributed by atoms with E-state index in [0.717, 1.165) is 16.7 Å². The zero-order valence-electron chi connectivity index (χ0n) is 11.6. The maximum absolute atomic E-state index is 14.0. The van der Waals surface area contributed by atoms with E-state index >= 15 is 0 Å². The van der Waals surface area contributed by atoms with E-state index < -0.39 is 6.10 Å². The highest BCUT2D eigenvalue weighted by Crippen LogP contribution is 2.25. The minimum Gasteiger partial charge on any atom is -0.388 e. The lowest BCUT2D eigenvalue weighted by atomic mass is 9.94. The van der Waals surface area contributed by atoms with Gasteiger partial charge in [-0.05, 0) is 43.0 Å². The summed E-state index contributed by atoms with van der Waals surface area (Å²) >= 11 is 0. The van der Waals surface area contributed by atoms with Crippen molar-refractivity contribution in [1.29, 1.82) is 0 Å². The Bertz CT molecular complexity index is 570. The van der Waals surface area contributed by atoms with Gasteiger partial charge in [-0.25, -0.2) is 4.39 Å². The van der Waals surface area contributed by atoms with Gasteiger partial charge < -0.3 is 5.11 Å². The number of hydrogen-bond acceptors (Lipinski definition) is 1. The van der Waals surface area contributed by atoms with Crippen molar-refractivity contribution in [1.82, 2.24) is 0 Å². The second kappa shape index (κ2) is 5.54. The number of aryl methyl sites for hydroxylation is 3. The average molecular weight is 258 g/mol. The Hall–Kier alpha value is -1.67. The lowest BCUT2D eigenvalue weighted by molar-refractivity contribution is 0.173. The zero-order valence-corrected chi connectivity index (χ0v) is 11.6. The normalized spacial score (nSPS) is 12.5. The number of hydrogen-bond donors (Lipinski definition) is 1. The van der Waals surface area contributed by atoms with Gasteiger partial charge in [0.05, 0.1) is 6.10 Å². The van der Waals surface area contributed by atoms with E-state index in [1.54, 1.807) is 25.1 Å². The summed E-state index contributed by atoms with van der Waals surface area (Å²) in [6, 6.07) is 11.2. The van der Waals surface area contributed by atoms with E-state index in [1.165, 1.54) is 0 Å². The fourth-order valence-corrected chi connectivity index (χ4v) is 2.40. The predicted octanol–water partition coefficient (Wildman–Crippen LogP) is 4.03. The molecule has 1 unspecified atom stereocenters. The molecule has 0 aliphatic rings. The molecule has 1 nitrogen and oxygen atoms in total. The van der Waals surface area contributed by atoms with Crippen molar-refractivity contribution in [2.45, 2.75) is 33.3 Å². The SMILES string of the molecule is Cc1cccc(C(O)Cc2c(C)cccc2C)c1F. The Morgan fingerprint density at radius 3 is 2.11 bits per heavy atom. The number of aliphatic hydroxyl groups is 1. The van der Waals surface area contributed by atoms with Gasteiger partial charge in [-0.15, -0.1) is 0 Å². The van der Waals surface area contributed by atoms with Crippen LogP contribution < -0.4 is 0 Å². The molecule has 0 aromatic heterocycles. The molecule has 2 rings (SSSR count). The van der Waals surface area contributed by atoms with Crippen LogP contribution >= 0.6 is 0 Å². The standard InChI is InChI=1S/C17H19FO/c1-11-6-4-7-12(2)15(11)10-16(19)14-9-5-8-13(3)17(14)18/h4-9,16,19H,10H2,1-3H3. The monoisotopic (exact) mass is 258 g/mol. The Labute approximate surface area is 113 Å². The van der Waals surface area contributed by atoms with E-state index in [0.29, 0.717) is 17.5 Å². The fraction of sp³-hybridized carbons (Fsp3) is 0.294. The Kier molecular flexibility index (Phi) is 4.01. The largest absolute Gasteiger partial charge is 0.388 e. The van der Waals surface area contributed by atoms with Gasteiger partial charge in [0, 0.05) is 12.0 Å². The van der Waals surface area contributed by atoms with Crippen LogP contribution in [0.25, 0.3) is 0 Å². The topological polar surface area (TPSA) is 20.2 Å². The number of rotatable bonds is 3. The summed E-state index contributed by atoms with van der Waals surface area (Å²) in [5, 5.41) is 10.3. The highest BCUT2D eigenvalue weighted by Gasteiger charge is 2.16. The molecule has 2 heteroatoms. The molecule has 0 aliphatic carbocycles. The molecular formula is C17H19FO. The maximum Gasteiger partial charge on any atom is 0.131 e. The highest BCUT2D eigenvalue weighted by molar-refractivity contribution is 5.36. The number of halogens is 1. The fourth-order valence-electron chi connectivity index (χ4n) is 2.40. The third kappa shape index (κ3) is 2.85. The van der Waals surface area contributed by atoms with Crippen molar-refractivity contribution in [3.8, 4) is 0 Å². The smallest absolute Gasteiger partial charge is 0.131 e. The van der Waals surface area contributed by atoms with Crippen LogP contribution in [-0.4, -0.2) is 5.11 Å². The molecule has 0 radical (unpaired) electrons. The van der Waals surface area contributed by atoms with E-state index in [4.69, 9.17) is 0 Å². The quantitative estimate of drug-likeness (QED) is 0.881. The first-order chi connectivity index (χ1) is 9.00. The molecule has 0 aliphatic heterocycles. The number of aliphatic hydroxyl groups excluding tert-OH is 1. The molecule has 1 N–H and O–H groups in total. The van der Waals surface area contributed by atoms with E-state index in [2.05, 4.69) is 0 Å². The van der Waals surface area contributed by atoms with Gasteiger partial charge >= 0.3 is 0 Å². The van der Waals surface area contributed by atoms with Gasteiger partial charge in [0.15, 0.2) is 0 Å². The van der Waals surface area contributed by atoms with E-state index in [-0.39, 0.29) is 5.82 Å². The van der Waals surface area contributed by atoms with Crippen molar-refractivity contribution in [2.24, 2.45) is 0 Å². The number of benzene rings is 2. The van der Waals surface area contributed by atoms with Crippen LogP contribution in [0.15, 0.2) is 36.4 Å². The molecule has 100 valence electrons. The summed E-state index contributed by atoms with van der Waals surface area (Å²) < 4.78 is 14.0. The van der Waals surface area contributed by atoms with Crippen LogP contribution in [0.3, 0.4) is 0 Å². The summed E-state index contributed by atoms with van der Waals surface area (Å²) in [6.07, 6.45) is -0.363. The molecule has 19 heavy (non-hydrogen) atoms. The summed E-state index contributed by atoms with van der Waals surface area (Å²) in [5.41, 5.74) is 4.30. The molecule has 0 fully saturated rings. The average Bonchev–Trinajstić information content (AvgIpc) is 2.37. The van der Waals surface area contributed by atoms with Gasteiger partial charge in [0.1, 0.15) is 5.82 Å². The molecule has 0 saturated carbocycles. The van der Waals surface area contributed by atoms with Gasteiger partial charge in [0.2, 0.25) is 0 Å². The van der Waals surface area contributed by atoms with E-state index in [9.17, 15) is 9.50 Å². The molecule has 0 saturated heterocycles. The molecule has 0 bridgehead atoms. The van der Waals surface area contributed by atoms with Crippen LogP contribution in [0.2, 0.25) is 0 Å². The molecule has 1 atom stereocenters. The summed E-state index contributed by atoms with van der Waals surface area (Å²) in [6.45, 7) is 5.74. The first kappa shape index (κ1) is 13.8. The second-order valence-electron chi connectivity index (χ2n) is 5.07. The molecular weight excluding hydrogens is 239 g/mol. The third-order valence-corrected chi connectivity index (χ3v) is 3.62. The van der Waals surface area contributed by atoms with Crippen LogP contribution in [0.4, 0.5) is 4.39 Å². The molecule has 2 aromatic rings. The Morgan fingerprint density at radius 2 is 1.47 bits per heavy atom. The lowest BCUT2D eigenvalue weighted by Gasteiger charge is -2.16. The Morgan fingerprint density at radius 1 is 0.947 bits per heavy atom.